The van der Waals surface area contributed by atoms with Gasteiger partial charge in [0.25, 0.3) is 5.91 Å². The van der Waals surface area contributed by atoms with Crippen LogP contribution < -0.4 is 11.2 Å². The Morgan fingerprint density at radius 2 is 1.90 bits per heavy atom. The highest BCUT2D eigenvalue weighted by Crippen LogP contribution is 2.20. The number of carbonyl (C=O) groups excluding carboxylic acids is 1. The minimum Gasteiger partial charge on any atom is -0.320 e. The van der Waals surface area contributed by atoms with Gasteiger partial charge in [-0.05, 0) is 38.7 Å². The maximum absolute atomic E-state index is 12.2. The number of nitrogens with two attached hydrogens (primary N) is 1. The van der Waals surface area contributed by atoms with E-state index in [1.165, 1.54) is 6.42 Å². The van der Waals surface area contributed by atoms with E-state index in [0.717, 1.165) is 18.4 Å². The van der Waals surface area contributed by atoms with Crippen molar-refractivity contribution in [1.29, 1.82) is 0 Å². The molecule has 0 aliphatic carbocycles. The summed E-state index contributed by atoms with van der Waals surface area (Å²) in [6.45, 7) is 4.30. The lowest BCUT2D eigenvalue weighted by Crippen LogP contribution is -2.57. The molecule has 1 aliphatic rings. The highest BCUT2D eigenvalue weighted by molar-refractivity contribution is 5.81. The summed E-state index contributed by atoms with van der Waals surface area (Å²) >= 11 is 0. The molecule has 1 fully saturated rings. The molecule has 1 aliphatic heterocycles. The molecule has 0 radical (unpaired) electrons. The van der Waals surface area contributed by atoms with Crippen molar-refractivity contribution in [3.05, 3.63) is 35.9 Å². The van der Waals surface area contributed by atoms with Crippen LogP contribution in [-0.4, -0.2) is 29.0 Å². The number of nitrogens with one attached hydrogen (secondary N) is 1. The molecule has 110 valence electrons. The summed E-state index contributed by atoms with van der Waals surface area (Å²) in [4.78, 5) is 12.2. The number of rotatable bonds is 4. The van der Waals surface area contributed by atoms with Gasteiger partial charge in [0.15, 0.2) is 0 Å². The van der Waals surface area contributed by atoms with Gasteiger partial charge in [-0.2, -0.15) is 0 Å². The van der Waals surface area contributed by atoms with Crippen LogP contribution >= 0.6 is 0 Å². The van der Waals surface area contributed by atoms with Crippen LogP contribution in [0, 0.1) is 0 Å². The summed E-state index contributed by atoms with van der Waals surface area (Å²) in [7, 11) is 0. The van der Waals surface area contributed by atoms with Crippen molar-refractivity contribution in [1.82, 2.24) is 10.4 Å². The van der Waals surface area contributed by atoms with E-state index < -0.39 is 6.04 Å². The third-order valence-electron chi connectivity index (χ3n) is 4.07. The highest BCUT2D eigenvalue weighted by atomic mass is 16.2. The third kappa shape index (κ3) is 3.81. The van der Waals surface area contributed by atoms with E-state index in [1.54, 1.807) is 0 Å². The van der Waals surface area contributed by atoms with Crippen LogP contribution in [0.3, 0.4) is 0 Å². The van der Waals surface area contributed by atoms with E-state index in [0.29, 0.717) is 18.5 Å². The van der Waals surface area contributed by atoms with Gasteiger partial charge >= 0.3 is 0 Å². The molecular weight excluding hydrogens is 250 g/mol. The molecule has 0 aromatic heterocycles. The number of piperidine rings is 1. The molecule has 0 saturated carbocycles. The normalized spacial score (nSPS) is 25.1. The van der Waals surface area contributed by atoms with Gasteiger partial charge < -0.3 is 5.73 Å². The molecule has 0 spiro atoms. The van der Waals surface area contributed by atoms with E-state index in [2.05, 4.69) is 24.3 Å². The van der Waals surface area contributed by atoms with Crippen molar-refractivity contribution >= 4 is 5.91 Å². The lowest BCUT2D eigenvalue weighted by atomic mass is 9.99. The summed E-state index contributed by atoms with van der Waals surface area (Å²) in [6, 6.07) is 10.2. The smallest absolute Gasteiger partial charge is 0.251 e. The summed E-state index contributed by atoms with van der Waals surface area (Å²) in [5.41, 5.74) is 10.1. The number of hydrogen-bond acceptors (Lipinski definition) is 3. The standard InChI is InChI=1S/C16H25N3O/c1-12-7-6-8-13(2)19(12)18-16(20)15(17)11-14-9-4-3-5-10-14/h3-5,9-10,12-13,15H,6-8,11,17H2,1-2H3,(H,18,20)/t12?,13?,15-/m1/s1. The summed E-state index contributed by atoms with van der Waals surface area (Å²) < 4.78 is 0. The summed E-state index contributed by atoms with van der Waals surface area (Å²) in [5, 5.41) is 2.07. The monoisotopic (exact) mass is 275 g/mol. The van der Waals surface area contributed by atoms with Gasteiger partial charge in [-0.1, -0.05) is 36.8 Å². The Morgan fingerprint density at radius 1 is 1.30 bits per heavy atom. The Morgan fingerprint density at radius 3 is 2.50 bits per heavy atom. The molecular formula is C16H25N3O. The number of carbonyl (C=O) groups is 1. The Hall–Kier alpha value is -1.39. The maximum atomic E-state index is 12.2. The molecule has 4 nitrogen and oxygen atoms in total. The fourth-order valence-corrected chi connectivity index (χ4v) is 2.81. The zero-order chi connectivity index (χ0) is 14.5. The minimum absolute atomic E-state index is 0.0885. The van der Waals surface area contributed by atoms with E-state index in [1.807, 2.05) is 30.3 Å². The molecule has 1 amide bonds. The fraction of sp³-hybridized carbons (Fsp3) is 0.562. The molecule has 1 saturated heterocycles. The number of nitrogens with zero attached hydrogens (tertiary/aromatic N) is 1. The Bertz CT molecular complexity index is 425. The van der Waals surface area contributed by atoms with Crippen LogP contribution in [-0.2, 0) is 11.2 Å². The van der Waals surface area contributed by atoms with Crippen LogP contribution in [0.25, 0.3) is 0 Å². The van der Waals surface area contributed by atoms with E-state index in [-0.39, 0.29) is 5.91 Å². The summed E-state index contributed by atoms with van der Waals surface area (Å²) in [6.07, 6.45) is 4.05. The van der Waals surface area contributed by atoms with Gasteiger partial charge in [-0.3, -0.25) is 10.2 Å². The predicted octanol–water partition coefficient (Wildman–Crippen LogP) is 1.85. The van der Waals surface area contributed by atoms with Crippen LogP contribution in [0.15, 0.2) is 30.3 Å². The summed E-state index contributed by atoms with van der Waals surface area (Å²) in [5.74, 6) is -0.0885. The second kappa shape index (κ2) is 6.86. The third-order valence-corrected chi connectivity index (χ3v) is 4.07. The van der Waals surface area contributed by atoms with E-state index in [9.17, 15) is 4.79 Å². The topological polar surface area (TPSA) is 58.4 Å². The van der Waals surface area contributed by atoms with E-state index in [4.69, 9.17) is 5.73 Å². The van der Waals surface area contributed by atoms with Gasteiger partial charge in [-0.15, -0.1) is 0 Å². The molecule has 3 N–H and O–H groups in total. The van der Waals surface area contributed by atoms with Crippen LogP contribution in [0.5, 0.6) is 0 Å². The quantitative estimate of drug-likeness (QED) is 0.881. The molecule has 4 heteroatoms. The molecule has 1 heterocycles. The molecule has 3 atom stereocenters. The Labute approximate surface area is 121 Å². The van der Waals surface area contributed by atoms with Crippen molar-refractivity contribution in [2.75, 3.05) is 0 Å². The highest BCUT2D eigenvalue weighted by Gasteiger charge is 2.27. The molecule has 1 aromatic rings. The van der Waals surface area contributed by atoms with Crippen LogP contribution in [0.2, 0.25) is 0 Å². The van der Waals surface area contributed by atoms with E-state index >= 15 is 0 Å². The number of hydrazine groups is 1. The lowest BCUT2D eigenvalue weighted by molar-refractivity contribution is -0.130. The van der Waals surface area contributed by atoms with Crippen molar-refractivity contribution in [3.63, 3.8) is 0 Å². The first-order valence-electron chi connectivity index (χ1n) is 7.46. The second-order valence-corrected chi connectivity index (χ2v) is 5.81. The molecule has 20 heavy (non-hydrogen) atoms. The molecule has 0 bridgehead atoms. The van der Waals surface area contributed by atoms with Crippen LogP contribution in [0.4, 0.5) is 0 Å². The predicted molar refractivity (Wildman–Crippen MR) is 80.9 cm³/mol. The van der Waals surface area contributed by atoms with Crippen molar-refractivity contribution in [3.8, 4) is 0 Å². The number of benzene rings is 1. The number of hydrogen-bond donors (Lipinski definition) is 2. The van der Waals surface area contributed by atoms with Crippen molar-refractivity contribution in [2.45, 2.75) is 57.7 Å². The average Bonchev–Trinajstić information content (AvgIpc) is 2.44. The van der Waals surface area contributed by atoms with Crippen molar-refractivity contribution in [2.24, 2.45) is 5.73 Å². The second-order valence-electron chi connectivity index (χ2n) is 5.81. The first kappa shape index (κ1) is 15.0. The lowest BCUT2D eigenvalue weighted by Gasteiger charge is -2.39. The first-order valence-corrected chi connectivity index (χ1v) is 7.46. The molecule has 2 rings (SSSR count). The molecule has 2 unspecified atom stereocenters. The Kier molecular flexibility index (Phi) is 5.15. The SMILES string of the molecule is CC1CCCC(C)N1NC(=O)[C@H](N)Cc1ccccc1. The fourth-order valence-electron chi connectivity index (χ4n) is 2.81. The zero-order valence-electron chi connectivity index (χ0n) is 12.4. The zero-order valence-corrected chi connectivity index (χ0v) is 12.4. The van der Waals surface area contributed by atoms with Gasteiger partial charge in [0, 0.05) is 12.1 Å². The minimum atomic E-state index is -0.501. The largest absolute Gasteiger partial charge is 0.320 e. The van der Waals surface area contributed by atoms with Gasteiger partial charge in [-0.25, -0.2) is 5.01 Å². The van der Waals surface area contributed by atoms with Crippen LogP contribution in [0.1, 0.15) is 38.7 Å². The maximum Gasteiger partial charge on any atom is 0.251 e. The van der Waals surface area contributed by atoms with Gasteiger partial charge in [0.1, 0.15) is 0 Å². The molecule has 1 aromatic carbocycles. The van der Waals surface area contributed by atoms with Gasteiger partial charge in [0.2, 0.25) is 0 Å². The average molecular weight is 275 g/mol. The Balaban J connectivity index is 1.90. The van der Waals surface area contributed by atoms with Gasteiger partial charge in [0.05, 0.1) is 6.04 Å². The number of amides is 1. The first-order chi connectivity index (χ1) is 9.58. The van der Waals surface area contributed by atoms with Crippen molar-refractivity contribution < 1.29 is 4.79 Å².